The molecule has 0 amide bonds. The molecule has 1 aliphatic carbocycles. The Balaban J connectivity index is 1.91. The second kappa shape index (κ2) is 8.50. The van der Waals surface area contributed by atoms with E-state index >= 15 is 0 Å². The van der Waals surface area contributed by atoms with E-state index in [9.17, 15) is 4.79 Å². The first-order chi connectivity index (χ1) is 14.8. The molecule has 2 aromatic rings. The number of ketones is 1. The SMILES string of the molecule is CCOc1cc(C2C3=C(CC(C)(C)CC3=O)Nc3nc(SCC)nn32)cc(Br)c1OC. The van der Waals surface area contributed by atoms with Crippen LogP contribution in [0.2, 0.25) is 0 Å². The largest absolute Gasteiger partial charge is 0.492 e. The zero-order valence-electron chi connectivity index (χ0n) is 18.4. The summed E-state index contributed by atoms with van der Waals surface area (Å²) in [7, 11) is 1.62. The summed E-state index contributed by atoms with van der Waals surface area (Å²) in [6.45, 7) is 8.76. The summed E-state index contributed by atoms with van der Waals surface area (Å²) in [5.41, 5.74) is 2.49. The number of nitrogens with one attached hydrogen (secondary N) is 1. The number of anilines is 1. The van der Waals surface area contributed by atoms with Gasteiger partial charge in [0.2, 0.25) is 11.1 Å². The molecular formula is C22H27BrN4O3S. The van der Waals surface area contributed by atoms with Crippen LogP contribution in [0.15, 0.2) is 33.0 Å². The standard InChI is InChI=1S/C22H27BrN4O3S/c1-6-30-16-9-12(8-13(23)19(16)29-5)18-17-14(10-22(3,4)11-15(17)28)24-20-25-21(31-7-2)26-27(18)20/h8-9,18H,6-7,10-11H2,1-5H3,(H,24,25,26). The molecule has 1 aromatic carbocycles. The Hall–Kier alpha value is -2.00. The van der Waals surface area contributed by atoms with Gasteiger partial charge in [0.1, 0.15) is 6.04 Å². The van der Waals surface area contributed by atoms with Crippen LogP contribution >= 0.6 is 27.7 Å². The van der Waals surface area contributed by atoms with Crippen molar-refractivity contribution >= 4 is 39.4 Å². The number of ether oxygens (including phenoxy) is 2. The Bertz CT molecular complexity index is 1060. The van der Waals surface area contributed by atoms with Gasteiger partial charge in [-0.2, -0.15) is 4.98 Å². The van der Waals surface area contributed by atoms with Gasteiger partial charge in [0, 0.05) is 17.7 Å². The Morgan fingerprint density at radius 1 is 1.32 bits per heavy atom. The van der Waals surface area contributed by atoms with E-state index in [-0.39, 0.29) is 17.2 Å². The van der Waals surface area contributed by atoms with Crippen LogP contribution in [0.25, 0.3) is 0 Å². The number of hydrogen-bond acceptors (Lipinski definition) is 7. The van der Waals surface area contributed by atoms with E-state index in [0.29, 0.717) is 35.6 Å². The van der Waals surface area contributed by atoms with Gasteiger partial charge >= 0.3 is 0 Å². The minimum Gasteiger partial charge on any atom is -0.492 e. The summed E-state index contributed by atoms with van der Waals surface area (Å²) in [5, 5.41) is 8.84. The summed E-state index contributed by atoms with van der Waals surface area (Å²) >= 11 is 5.19. The fourth-order valence-corrected chi connectivity index (χ4v) is 5.47. The monoisotopic (exact) mass is 506 g/mol. The van der Waals surface area contributed by atoms with Crippen LogP contribution in [0.4, 0.5) is 5.95 Å². The van der Waals surface area contributed by atoms with Gasteiger partial charge in [-0.15, -0.1) is 5.10 Å². The fraction of sp³-hybridized carbons (Fsp3) is 0.500. The normalized spacial score (nSPS) is 19.5. The van der Waals surface area contributed by atoms with Gasteiger partial charge in [0.05, 0.1) is 18.2 Å². The van der Waals surface area contributed by atoms with Crippen LogP contribution < -0.4 is 14.8 Å². The van der Waals surface area contributed by atoms with Crippen LogP contribution in [-0.2, 0) is 4.79 Å². The molecule has 1 unspecified atom stereocenters. The van der Waals surface area contributed by atoms with Crippen molar-refractivity contribution in [3.63, 3.8) is 0 Å². The number of rotatable bonds is 6. The number of hydrogen-bond donors (Lipinski definition) is 1. The van der Waals surface area contributed by atoms with Crippen LogP contribution in [0.3, 0.4) is 0 Å². The molecule has 0 radical (unpaired) electrons. The van der Waals surface area contributed by atoms with Crippen molar-refractivity contribution in [1.29, 1.82) is 0 Å². The van der Waals surface area contributed by atoms with E-state index in [1.54, 1.807) is 18.9 Å². The molecule has 0 bridgehead atoms. The highest BCUT2D eigenvalue weighted by atomic mass is 79.9. The van der Waals surface area contributed by atoms with Crippen molar-refractivity contribution in [3.05, 3.63) is 33.4 Å². The molecule has 166 valence electrons. The first-order valence-electron chi connectivity index (χ1n) is 10.4. The molecule has 0 fully saturated rings. The molecule has 2 heterocycles. The number of allylic oxidation sites excluding steroid dienone is 2. The van der Waals surface area contributed by atoms with Crippen LogP contribution in [0, 0.1) is 5.41 Å². The zero-order valence-corrected chi connectivity index (χ0v) is 20.8. The lowest BCUT2D eigenvalue weighted by molar-refractivity contribution is -0.118. The van der Waals surface area contributed by atoms with Crippen LogP contribution in [0.5, 0.6) is 11.5 Å². The van der Waals surface area contributed by atoms with E-state index < -0.39 is 0 Å². The van der Waals surface area contributed by atoms with E-state index in [0.717, 1.165) is 33.5 Å². The first kappa shape index (κ1) is 22.2. The van der Waals surface area contributed by atoms with Gasteiger partial charge in [-0.1, -0.05) is 32.5 Å². The van der Waals surface area contributed by atoms with Crippen molar-refractivity contribution < 1.29 is 14.3 Å². The molecule has 0 spiro atoms. The Labute approximate surface area is 195 Å². The number of methoxy groups -OCH3 is 1. The molecule has 0 saturated carbocycles. The molecule has 9 heteroatoms. The number of halogens is 1. The highest BCUT2D eigenvalue weighted by Crippen LogP contribution is 2.47. The van der Waals surface area contributed by atoms with Crippen molar-refractivity contribution in [2.45, 2.75) is 51.7 Å². The minimum absolute atomic E-state index is 0.104. The third-order valence-electron chi connectivity index (χ3n) is 5.44. The quantitative estimate of drug-likeness (QED) is 0.538. The smallest absolute Gasteiger partial charge is 0.227 e. The molecule has 1 N–H and O–H groups in total. The van der Waals surface area contributed by atoms with Gasteiger partial charge in [-0.25, -0.2) is 4.68 Å². The fourth-order valence-electron chi connectivity index (χ4n) is 4.29. The predicted molar refractivity (Wildman–Crippen MR) is 125 cm³/mol. The number of benzene rings is 1. The van der Waals surface area contributed by atoms with Gasteiger partial charge in [0.15, 0.2) is 17.3 Å². The van der Waals surface area contributed by atoms with Crippen molar-refractivity contribution in [2.75, 3.05) is 24.8 Å². The third-order valence-corrected chi connectivity index (χ3v) is 6.75. The van der Waals surface area contributed by atoms with Gasteiger partial charge < -0.3 is 14.8 Å². The second-order valence-corrected chi connectivity index (χ2v) is 10.5. The first-order valence-corrected chi connectivity index (χ1v) is 12.2. The summed E-state index contributed by atoms with van der Waals surface area (Å²) in [6.07, 6.45) is 1.28. The summed E-state index contributed by atoms with van der Waals surface area (Å²) in [5.74, 6) is 2.93. The van der Waals surface area contributed by atoms with E-state index in [1.807, 2.05) is 23.7 Å². The van der Waals surface area contributed by atoms with Gasteiger partial charge in [-0.3, -0.25) is 4.79 Å². The second-order valence-electron chi connectivity index (χ2n) is 8.42. The third kappa shape index (κ3) is 4.09. The van der Waals surface area contributed by atoms with Crippen LogP contribution in [0.1, 0.15) is 52.1 Å². The molecular weight excluding hydrogens is 480 g/mol. The van der Waals surface area contributed by atoms with E-state index in [1.165, 1.54) is 0 Å². The number of Topliss-reactive ketones (excluding diaryl/α,β-unsaturated/α-hetero) is 1. The lowest BCUT2D eigenvalue weighted by Gasteiger charge is -2.38. The lowest BCUT2D eigenvalue weighted by Crippen LogP contribution is -2.36. The van der Waals surface area contributed by atoms with E-state index in [4.69, 9.17) is 14.6 Å². The number of nitrogens with zero attached hydrogens (tertiary/aromatic N) is 3. The molecule has 31 heavy (non-hydrogen) atoms. The van der Waals surface area contributed by atoms with Gasteiger partial charge in [-0.05, 0) is 58.1 Å². The minimum atomic E-state index is -0.380. The predicted octanol–water partition coefficient (Wildman–Crippen LogP) is 5.22. The molecule has 1 aromatic heterocycles. The summed E-state index contributed by atoms with van der Waals surface area (Å²) in [4.78, 5) is 18.0. The lowest BCUT2D eigenvalue weighted by atomic mass is 9.73. The molecule has 1 aliphatic heterocycles. The molecule has 1 atom stereocenters. The average Bonchev–Trinajstić information content (AvgIpc) is 3.07. The van der Waals surface area contributed by atoms with Crippen molar-refractivity contribution in [3.8, 4) is 11.5 Å². The average molecular weight is 507 g/mol. The number of carbonyl (C=O) groups is 1. The van der Waals surface area contributed by atoms with Crippen molar-refractivity contribution in [1.82, 2.24) is 14.8 Å². The molecule has 0 saturated heterocycles. The highest BCUT2D eigenvalue weighted by Gasteiger charge is 2.42. The Morgan fingerprint density at radius 2 is 2.10 bits per heavy atom. The zero-order chi connectivity index (χ0) is 22.3. The van der Waals surface area contributed by atoms with Crippen molar-refractivity contribution in [2.24, 2.45) is 5.41 Å². The molecule has 7 nitrogen and oxygen atoms in total. The Kier molecular flexibility index (Phi) is 6.09. The number of fused-ring (bicyclic) bond motifs is 1. The number of aromatic nitrogens is 3. The van der Waals surface area contributed by atoms with E-state index in [2.05, 4.69) is 47.0 Å². The highest BCUT2D eigenvalue weighted by molar-refractivity contribution is 9.10. The summed E-state index contributed by atoms with van der Waals surface area (Å²) in [6, 6.07) is 3.54. The number of thioether (sulfide) groups is 1. The molecule has 2 aliphatic rings. The maximum absolute atomic E-state index is 13.4. The topological polar surface area (TPSA) is 78.3 Å². The maximum atomic E-state index is 13.4. The van der Waals surface area contributed by atoms with Gasteiger partial charge in [0.25, 0.3) is 0 Å². The van der Waals surface area contributed by atoms with Crippen LogP contribution in [-0.4, -0.2) is 40.0 Å². The maximum Gasteiger partial charge on any atom is 0.227 e. The Morgan fingerprint density at radius 3 is 2.77 bits per heavy atom. The summed E-state index contributed by atoms with van der Waals surface area (Å²) < 4.78 is 14.0. The number of carbonyl (C=O) groups excluding carboxylic acids is 1. The molecule has 4 rings (SSSR count).